The van der Waals surface area contributed by atoms with Gasteiger partial charge in [0.2, 0.25) is 0 Å². The van der Waals surface area contributed by atoms with E-state index in [4.69, 9.17) is 15.6 Å². The van der Waals surface area contributed by atoms with Gasteiger partial charge in [-0.15, -0.1) is 0 Å². The topological polar surface area (TPSA) is 106 Å². The molecule has 0 spiro atoms. The first kappa shape index (κ1) is 21.7. The third kappa shape index (κ3) is 4.31. The molecule has 0 saturated carbocycles. The van der Waals surface area contributed by atoms with E-state index < -0.39 is 6.09 Å². The molecule has 170 valence electrons. The molecule has 1 aromatic carbocycles. The van der Waals surface area contributed by atoms with Crippen LogP contribution >= 0.6 is 0 Å². The summed E-state index contributed by atoms with van der Waals surface area (Å²) in [5, 5.41) is 19.3. The Morgan fingerprint density at radius 3 is 2.65 bits per heavy atom. The summed E-state index contributed by atoms with van der Waals surface area (Å²) >= 11 is 0. The van der Waals surface area contributed by atoms with E-state index in [-0.39, 0.29) is 17.5 Å². The van der Waals surface area contributed by atoms with Crippen molar-refractivity contribution in [1.29, 1.82) is 0 Å². The summed E-state index contributed by atoms with van der Waals surface area (Å²) in [5.41, 5.74) is 8.80. The van der Waals surface area contributed by atoms with Gasteiger partial charge < -0.3 is 25.8 Å². The minimum Gasteiger partial charge on any atom is -0.465 e. The zero-order chi connectivity index (χ0) is 22.2. The highest BCUT2D eigenvalue weighted by atomic mass is 16.5. The van der Waals surface area contributed by atoms with Gasteiger partial charge >= 0.3 is 6.09 Å². The number of carboxylic acid groups (broad SMARTS) is 1. The highest BCUT2D eigenvalue weighted by Gasteiger charge is 2.41. The largest absolute Gasteiger partial charge is 0.465 e. The number of hydrogen-bond acceptors (Lipinski definition) is 5. The van der Waals surface area contributed by atoms with Gasteiger partial charge in [-0.2, -0.15) is 5.10 Å². The number of fused-ring (bicyclic) bond motifs is 1. The molecule has 2 atom stereocenters. The van der Waals surface area contributed by atoms with E-state index in [0.29, 0.717) is 18.3 Å². The van der Waals surface area contributed by atoms with Crippen LogP contribution in [-0.2, 0) is 4.74 Å². The van der Waals surface area contributed by atoms with Gasteiger partial charge in [-0.25, -0.2) is 4.79 Å². The molecule has 0 aliphatic carbocycles. The van der Waals surface area contributed by atoms with Gasteiger partial charge in [-0.05, 0) is 49.7 Å². The Morgan fingerprint density at radius 2 is 1.97 bits per heavy atom. The molecule has 0 bridgehead atoms. The number of anilines is 2. The molecule has 8 nitrogen and oxygen atoms in total. The van der Waals surface area contributed by atoms with Gasteiger partial charge in [0.1, 0.15) is 0 Å². The highest BCUT2D eigenvalue weighted by molar-refractivity contribution is 5.98. The van der Waals surface area contributed by atoms with Crippen molar-refractivity contribution < 1.29 is 14.6 Å². The summed E-state index contributed by atoms with van der Waals surface area (Å²) in [5.74, 6) is 0. The molecule has 2 aliphatic rings. The second-order valence-corrected chi connectivity index (χ2v) is 9.93. The fourth-order valence-corrected chi connectivity index (χ4v) is 5.30. The predicted octanol–water partition coefficient (Wildman–Crippen LogP) is 4.33. The van der Waals surface area contributed by atoms with Crippen LogP contribution in [0.5, 0.6) is 0 Å². The molecule has 8 heteroatoms. The Hall–Kier alpha value is -2.48. The number of nitrogens with zero attached hydrogens (tertiary/aromatic N) is 3. The summed E-state index contributed by atoms with van der Waals surface area (Å²) in [6, 6.07) is 4.10. The summed E-state index contributed by atoms with van der Waals surface area (Å²) < 4.78 is 7.61. The second-order valence-electron chi connectivity index (χ2n) is 9.93. The van der Waals surface area contributed by atoms with Crippen molar-refractivity contribution in [3.05, 3.63) is 18.3 Å². The molecular formula is C23H35N5O3. The minimum atomic E-state index is -0.854. The monoisotopic (exact) mass is 429 g/mol. The number of aromatic nitrogens is 2. The van der Waals surface area contributed by atoms with Crippen LogP contribution in [-0.4, -0.2) is 57.7 Å². The number of hydrogen-bond donors (Lipinski definition) is 3. The zero-order valence-electron chi connectivity index (χ0n) is 18.8. The van der Waals surface area contributed by atoms with Gasteiger partial charge in [0.05, 0.1) is 35.2 Å². The third-order valence-electron chi connectivity index (χ3n) is 6.69. The smallest absolute Gasteiger partial charge is 0.407 e. The van der Waals surface area contributed by atoms with E-state index in [9.17, 15) is 9.90 Å². The fraction of sp³-hybridized carbons (Fsp3) is 0.652. The lowest BCUT2D eigenvalue weighted by atomic mass is 9.80. The molecule has 0 radical (unpaired) electrons. The lowest BCUT2D eigenvalue weighted by Crippen LogP contribution is -2.55. The Labute approximate surface area is 183 Å². The van der Waals surface area contributed by atoms with Gasteiger partial charge in [-0.1, -0.05) is 20.8 Å². The Balaban J connectivity index is 1.71. The fourth-order valence-electron chi connectivity index (χ4n) is 5.30. The van der Waals surface area contributed by atoms with Gasteiger partial charge in [0.15, 0.2) is 0 Å². The SMILES string of the molecule is CC(C)(C)[C@@H]1C(Nc2c(N)ccc3c2cnn3C2CCOCC2)CCCCN1C(=O)O. The van der Waals surface area contributed by atoms with Crippen molar-refractivity contribution in [3.8, 4) is 0 Å². The van der Waals surface area contributed by atoms with Crippen LogP contribution in [0.3, 0.4) is 0 Å². The van der Waals surface area contributed by atoms with Crippen molar-refractivity contribution in [2.75, 3.05) is 30.8 Å². The van der Waals surface area contributed by atoms with Crippen LogP contribution in [0, 0.1) is 5.41 Å². The van der Waals surface area contributed by atoms with E-state index >= 15 is 0 Å². The van der Waals surface area contributed by atoms with E-state index in [1.54, 1.807) is 4.90 Å². The van der Waals surface area contributed by atoms with Gasteiger partial charge in [-0.3, -0.25) is 4.68 Å². The average molecular weight is 430 g/mol. The molecule has 4 rings (SSSR count). The van der Waals surface area contributed by atoms with Crippen molar-refractivity contribution in [3.63, 3.8) is 0 Å². The van der Waals surface area contributed by atoms with Gasteiger partial charge in [0.25, 0.3) is 0 Å². The Bertz CT molecular complexity index is 929. The maximum Gasteiger partial charge on any atom is 0.407 e. The summed E-state index contributed by atoms with van der Waals surface area (Å²) in [7, 11) is 0. The summed E-state index contributed by atoms with van der Waals surface area (Å²) in [4.78, 5) is 13.7. The predicted molar refractivity (Wildman–Crippen MR) is 122 cm³/mol. The molecule has 1 unspecified atom stereocenters. The number of benzene rings is 1. The molecule has 1 aromatic heterocycles. The van der Waals surface area contributed by atoms with Crippen molar-refractivity contribution in [2.24, 2.45) is 5.41 Å². The van der Waals surface area contributed by atoms with Crippen molar-refractivity contribution in [2.45, 2.75) is 71.0 Å². The Kier molecular flexibility index (Phi) is 6.01. The summed E-state index contributed by atoms with van der Waals surface area (Å²) in [6.45, 7) is 8.41. The average Bonchev–Trinajstić information content (AvgIpc) is 3.02. The molecule has 3 heterocycles. The second kappa shape index (κ2) is 8.57. The third-order valence-corrected chi connectivity index (χ3v) is 6.69. The number of nitrogens with two attached hydrogens (primary N) is 1. The quantitative estimate of drug-likeness (QED) is 0.627. The molecule has 4 N–H and O–H groups in total. The number of rotatable bonds is 3. The van der Waals surface area contributed by atoms with E-state index in [1.807, 2.05) is 18.3 Å². The number of nitrogens with one attached hydrogen (secondary N) is 1. The molecule has 2 fully saturated rings. The standard InChI is InChI=1S/C23H35N5O3/c1-23(2,3)21-18(6-4-5-11-27(21)22(29)30)26-20-16-14-25-28(15-9-12-31-13-10-15)19(16)8-7-17(20)24/h7-8,14-15,18,21,26H,4-6,9-13,24H2,1-3H3,(H,29,30)/t18?,21-/m0/s1. The number of likely N-dealkylation sites (tertiary alicyclic amines) is 1. The Morgan fingerprint density at radius 1 is 1.23 bits per heavy atom. The molecular weight excluding hydrogens is 394 g/mol. The normalized spacial score (nSPS) is 23.6. The van der Waals surface area contributed by atoms with E-state index in [0.717, 1.165) is 61.9 Å². The maximum atomic E-state index is 12.1. The van der Waals surface area contributed by atoms with Crippen LogP contribution in [0.4, 0.5) is 16.2 Å². The maximum absolute atomic E-state index is 12.1. The van der Waals surface area contributed by atoms with Crippen molar-refractivity contribution >= 4 is 28.4 Å². The molecule has 2 saturated heterocycles. The summed E-state index contributed by atoms with van der Waals surface area (Å²) in [6.07, 6.45) is 5.69. The van der Waals surface area contributed by atoms with Crippen LogP contribution in [0.25, 0.3) is 10.9 Å². The van der Waals surface area contributed by atoms with Crippen LogP contribution in [0.15, 0.2) is 18.3 Å². The first-order valence-electron chi connectivity index (χ1n) is 11.4. The molecule has 2 aromatic rings. The number of amides is 1. The number of carbonyl (C=O) groups is 1. The number of ether oxygens (including phenoxy) is 1. The first-order valence-corrected chi connectivity index (χ1v) is 11.4. The van der Waals surface area contributed by atoms with E-state index in [2.05, 4.69) is 30.8 Å². The van der Waals surface area contributed by atoms with Crippen LogP contribution < -0.4 is 11.1 Å². The lowest BCUT2D eigenvalue weighted by molar-refractivity contribution is 0.0675. The zero-order valence-corrected chi connectivity index (χ0v) is 18.8. The molecule has 1 amide bonds. The number of nitrogen functional groups attached to an aromatic ring is 1. The van der Waals surface area contributed by atoms with Crippen LogP contribution in [0.2, 0.25) is 0 Å². The first-order chi connectivity index (χ1) is 14.8. The van der Waals surface area contributed by atoms with Crippen LogP contribution in [0.1, 0.15) is 58.9 Å². The molecule has 31 heavy (non-hydrogen) atoms. The van der Waals surface area contributed by atoms with Gasteiger partial charge in [0, 0.05) is 31.2 Å². The lowest BCUT2D eigenvalue weighted by Gasteiger charge is -2.42. The van der Waals surface area contributed by atoms with Crippen molar-refractivity contribution in [1.82, 2.24) is 14.7 Å². The molecule has 2 aliphatic heterocycles. The van der Waals surface area contributed by atoms with E-state index in [1.165, 1.54) is 0 Å². The highest BCUT2D eigenvalue weighted by Crippen LogP contribution is 2.37. The minimum absolute atomic E-state index is 0.0297.